The molecule has 30 atom stereocenters. The number of carboxylic acids is 2. The van der Waals surface area contributed by atoms with Gasteiger partial charge in [-0.1, -0.05) is 116 Å². The lowest BCUT2D eigenvalue weighted by atomic mass is 9.74. The zero-order valence-corrected chi connectivity index (χ0v) is 68.0. The number of nitrogens with one attached hydrogen (secondary N) is 4. The molecule has 40 nitrogen and oxygen atoms in total. The molecule has 40 heteroatoms. The maximum Gasteiger partial charge on any atom is 0.332 e. The van der Waals surface area contributed by atoms with Crippen LogP contribution in [0.3, 0.4) is 0 Å². The van der Waals surface area contributed by atoms with Gasteiger partial charge in [0.05, 0.1) is 94.6 Å². The predicted molar refractivity (Wildman–Crippen MR) is 412 cm³/mol. The fourth-order valence-corrected chi connectivity index (χ4v) is 17.8. The number of Topliss-reactive ketones (excluding diaryl/α,β-unsaturated/α-hetero) is 1. The number of carbonyl (C=O) groups excluding carboxylic acids is 5. The summed E-state index contributed by atoms with van der Waals surface area (Å²) in [7, 11) is 0. The van der Waals surface area contributed by atoms with E-state index in [1.54, 1.807) is 6.92 Å². The lowest BCUT2D eigenvalue weighted by Gasteiger charge is -2.49. The van der Waals surface area contributed by atoms with Crippen LogP contribution in [0, 0.1) is 41.4 Å². The van der Waals surface area contributed by atoms with Gasteiger partial charge in [0.25, 0.3) is 11.8 Å². The van der Waals surface area contributed by atoms with Crippen LogP contribution < -0.4 is 21.3 Å². The van der Waals surface area contributed by atoms with E-state index in [2.05, 4.69) is 41.9 Å². The number of nitrogens with zero attached hydrogens (tertiary/aromatic N) is 6. The third-order valence-electron chi connectivity index (χ3n) is 24.7. The molecular formula is C79H130N10O30. The Morgan fingerprint density at radius 3 is 1.45 bits per heavy atom. The highest BCUT2D eigenvalue weighted by atomic mass is 16.7. The van der Waals surface area contributed by atoms with Crippen LogP contribution in [0.2, 0.25) is 0 Å². The van der Waals surface area contributed by atoms with Gasteiger partial charge in [0.2, 0.25) is 11.8 Å². The fraction of sp³-hybridized carbons (Fsp3) is 0.861. The van der Waals surface area contributed by atoms with E-state index in [1.807, 2.05) is 13.8 Å². The van der Waals surface area contributed by atoms with Gasteiger partial charge in [0.15, 0.2) is 48.8 Å². The maximum absolute atomic E-state index is 14.3. The summed E-state index contributed by atoms with van der Waals surface area (Å²) in [5, 5.41) is 157. The van der Waals surface area contributed by atoms with Crippen molar-refractivity contribution in [2.75, 3.05) is 46.1 Å². The Kier molecular flexibility index (Phi) is 37.4. The quantitative estimate of drug-likeness (QED) is 0.0361. The van der Waals surface area contributed by atoms with E-state index in [0.717, 1.165) is 64.2 Å². The minimum Gasteiger partial charge on any atom is -0.479 e. The largest absolute Gasteiger partial charge is 0.479 e. The molecule has 119 heavy (non-hydrogen) atoms. The van der Waals surface area contributed by atoms with Crippen LogP contribution in [-0.2, 0) is 89.2 Å². The molecule has 0 radical (unpaired) electrons. The molecule has 4 saturated carbocycles. The second kappa shape index (κ2) is 46.1. The Bertz CT molecular complexity index is 3500. The van der Waals surface area contributed by atoms with E-state index >= 15 is 0 Å². The van der Waals surface area contributed by atoms with Crippen LogP contribution in [0.25, 0.3) is 0 Å². The average molecular weight is 1700 g/mol. The van der Waals surface area contributed by atoms with Crippen molar-refractivity contribution in [3.63, 3.8) is 0 Å². The molecule has 4 aliphatic carbocycles. The van der Waals surface area contributed by atoms with E-state index in [-0.39, 0.29) is 140 Å². The summed E-state index contributed by atoms with van der Waals surface area (Å²) in [5.74, 6) is -7.87. The van der Waals surface area contributed by atoms with Crippen molar-refractivity contribution in [1.82, 2.24) is 51.3 Å². The summed E-state index contributed by atoms with van der Waals surface area (Å²) >= 11 is 0. The summed E-state index contributed by atoms with van der Waals surface area (Å²) in [4.78, 5) is 93.4. The van der Waals surface area contributed by atoms with Crippen molar-refractivity contribution < 1.29 is 147 Å². The minimum absolute atomic E-state index is 0. The molecule has 2 aromatic heterocycles. The van der Waals surface area contributed by atoms with Crippen LogP contribution in [0.5, 0.6) is 0 Å². The molecule has 0 aromatic carbocycles. The molecule has 4 amide bonds. The zero-order chi connectivity index (χ0) is 85.2. The number of hydrogen-bond donors (Lipinski definition) is 16. The van der Waals surface area contributed by atoms with Crippen LogP contribution in [0.15, 0.2) is 12.4 Å². The molecule has 10 rings (SSSR count). The number of hydrogen-bond acceptors (Lipinski definition) is 32. The molecule has 6 heterocycles. The summed E-state index contributed by atoms with van der Waals surface area (Å²) < 4.78 is 71.5. The van der Waals surface area contributed by atoms with Crippen molar-refractivity contribution in [1.29, 1.82) is 0 Å². The lowest BCUT2D eigenvalue weighted by Crippen LogP contribution is -2.67. The summed E-state index contributed by atoms with van der Waals surface area (Å²) in [6, 6.07) is -1.37. The van der Waals surface area contributed by atoms with Crippen LogP contribution in [-0.4, -0.2) is 332 Å². The molecule has 16 N–H and O–H groups in total. The van der Waals surface area contributed by atoms with Crippen LogP contribution in [0.1, 0.15) is 198 Å². The summed E-state index contributed by atoms with van der Waals surface area (Å²) in [6.07, 6.45) is -18.5. The molecule has 2 aromatic rings. The number of carbonyl (C=O) groups is 7. The first kappa shape index (κ1) is 96.7. The molecule has 8 aliphatic rings. The molecule has 8 fully saturated rings. The number of rotatable bonds is 40. The van der Waals surface area contributed by atoms with Gasteiger partial charge >= 0.3 is 11.9 Å². The van der Waals surface area contributed by atoms with Crippen molar-refractivity contribution in [2.24, 2.45) is 41.4 Å². The standard InChI is InChI=1S/C78H126N10O30.CH4/c1-7-44-30-46(32-51(67(44)117-77-64(99)62(97)58(93)39(4)109-77)114-76-57(82-41(6)91)69(61(96)56(37-90)116-76)112-54(74(106)107)29-43-18-13-10-14-19-43)50(92)20-15-21-79-71(102)48-34-87(85-83-48)24-26-108-27-25-88-35-49(84-86-88)72(103)81-23-22-80-70(101)47-31-45(8-2)68(118-78-65(100)63(98)59(94)40(5)110-78)52(33-47)113-75-38(3)66(60(95)55(36-89)115-75)111-53(73(104)105)28-42-16-11-9-12-17-42;/h34-35,38-40,42-47,51-69,75-78,89-90,93-100H,7-33,36-37H2,1-6H3,(H,79,102)(H,80,101)(H,81,103)(H,82,91)(H,104,105)(H,106,107);1H4/t38-,39+,40+,44+,45+,46-,47-,51-,52-,53+,54+,55-,56-,57-,58-,59-,60+,61+,62-,63-,64+,65+,66-,67-,68-,69-,75-,76-,77+,78+;/m1./s1. The number of ketones is 1. The first-order valence-corrected chi connectivity index (χ1v) is 42.2. The van der Waals surface area contributed by atoms with Crippen molar-refractivity contribution in [3.05, 3.63) is 23.8 Å². The van der Waals surface area contributed by atoms with E-state index in [0.29, 0.717) is 12.8 Å². The second-order valence-electron chi connectivity index (χ2n) is 33.2. The van der Waals surface area contributed by atoms with Crippen molar-refractivity contribution in [3.8, 4) is 0 Å². The van der Waals surface area contributed by atoms with Gasteiger partial charge in [-0.25, -0.2) is 19.0 Å². The van der Waals surface area contributed by atoms with E-state index in [9.17, 15) is 94.8 Å². The Balaban J connectivity index is 0.0000161. The minimum atomic E-state index is -1.72. The number of amides is 4. The van der Waals surface area contributed by atoms with Crippen molar-refractivity contribution >= 4 is 41.4 Å². The third-order valence-corrected chi connectivity index (χ3v) is 24.7. The Morgan fingerprint density at radius 2 is 0.966 bits per heavy atom. The fourth-order valence-electron chi connectivity index (χ4n) is 17.8. The predicted octanol–water partition coefficient (Wildman–Crippen LogP) is -0.870. The molecule has 0 bridgehead atoms. The summed E-state index contributed by atoms with van der Waals surface area (Å²) in [6.45, 7) is 8.84. The Hall–Kier alpha value is -6.07. The number of ether oxygens (including phenoxy) is 11. The first-order valence-electron chi connectivity index (χ1n) is 42.2. The molecule has 0 unspecified atom stereocenters. The van der Waals surface area contributed by atoms with Gasteiger partial charge in [-0.3, -0.25) is 24.0 Å². The zero-order valence-electron chi connectivity index (χ0n) is 68.0. The van der Waals surface area contributed by atoms with Crippen LogP contribution in [0.4, 0.5) is 0 Å². The van der Waals surface area contributed by atoms with Gasteiger partial charge in [-0.15, -0.1) is 10.2 Å². The topological polar surface area (TPSA) is 573 Å². The van der Waals surface area contributed by atoms with E-state index in [4.69, 9.17) is 52.1 Å². The number of carboxylic acid groups (broad SMARTS) is 2. The normalized spacial score (nSPS) is 36.0. The first-order chi connectivity index (χ1) is 56.5. The summed E-state index contributed by atoms with van der Waals surface area (Å²) in [5.41, 5.74) is -0.0188. The lowest BCUT2D eigenvalue weighted by molar-refractivity contribution is -0.343. The monoisotopic (exact) mass is 1700 g/mol. The highest BCUT2D eigenvalue weighted by molar-refractivity contribution is 5.92. The highest BCUT2D eigenvalue weighted by Crippen LogP contribution is 2.44. The smallest absolute Gasteiger partial charge is 0.332 e. The van der Waals surface area contributed by atoms with Gasteiger partial charge in [0.1, 0.15) is 79.0 Å². The number of aliphatic hydroxyl groups is 10. The SMILES string of the molecule is C.CC[C@H]1C[C@@H](C(=O)NCCNC(=O)c2cn(CCOCCn3cc(C(=O)NCCCC(=O)[C@@H]4C[C@H](CC)[C@@H](O[C@@H]5O[C@@H](C)[C@@H](O)[C@@H](O)[C@@H]5O)[C@H](O[C@@H]5O[C@H](CO)[C@H](O)[C@H](O[C@@H](CC6CCCCC6)C(=O)O)[C@H]5NC(C)=O)C4)nn3)nn2)C[C@@H](O[C@@H]2O[C@H](CO)[C@H](O)[C@H](O[C@@H](CC3CCCCC3)C(=O)O)[C@H]2C)[C@@H]1O[C@@H]1O[C@@H](C)[C@@H](O)[C@@H](O)[C@@H]1O. The second-order valence-corrected chi connectivity index (χ2v) is 33.2. The van der Waals surface area contributed by atoms with Gasteiger partial charge < -0.3 is 135 Å². The molecular weight excluding hydrogens is 1570 g/mol. The van der Waals surface area contributed by atoms with Gasteiger partial charge in [-0.05, 0) is 82.5 Å². The molecule has 4 saturated heterocycles. The van der Waals surface area contributed by atoms with E-state index in [1.165, 1.54) is 42.5 Å². The molecule has 4 aliphatic heterocycles. The molecule has 676 valence electrons. The van der Waals surface area contributed by atoms with E-state index < -0.39 is 226 Å². The average Bonchev–Trinajstić information content (AvgIpc) is 1.27. The number of aliphatic carboxylic acids is 2. The highest BCUT2D eigenvalue weighted by Gasteiger charge is 2.56. The third kappa shape index (κ3) is 25.6. The van der Waals surface area contributed by atoms with Gasteiger partial charge in [-0.2, -0.15) is 0 Å². The van der Waals surface area contributed by atoms with Crippen LogP contribution >= 0.6 is 0 Å². The maximum atomic E-state index is 14.3. The molecule has 0 spiro atoms. The van der Waals surface area contributed by atoms with Gasteiger partial charge in [0, 0.05) is 50.7 Å². The van der Waals surface area contributed by atoms with Crippen molar-refractivity contribution in [2.45, 2.75) is 344 Å². The Morgan fingerprint density at radius 1 is 0.521 bits per heavy atom. The Labute approximate surface area is 692 Å². The number of aromatic nitrogens is 6. The number of aliphatic hydroxyl groups excluding tert-OH is 10.